The van der Waals surface area contributed by atoms with Gasteiger partial charge in [0, 0.05) is 18.6 Å². The summed E-state index contributed by atoms with van der Waals surface area (Å²) in [5.74, 6) is 0. The van der Waals surface area contributed by atoms with Crippen LogP contribution in [0.1, 0.15) is 0 Å². The fourth-order valence-corrected chi connectivity index (χ4v) is 0.550. The molecule has 0 radical (unpaired) electrons. The molecular weight excluding hydrogens is 201 g/mol. The first-order valence-electron chi connectivity index (χ1n) is 2.97. The first-order valence-corrected chi connectivity index (χ1v) is 2.97. The zero-order valence-corrected chi connectivity index (χ0v) is 10.2. The Hall–Kier alpha value is -0.274. The third-order valence-corrected chi connectivity index (χ3v) is 0.967. The molecule has 0 saturated heterocycles. The molecule has 1 rings (SSSR count). The van der Waals surface area contributed by atoms with Crippen LogP contribution < -0.4 is 56.5 Å². The summed E-state index contributed by atoms with van der Waals surface area (Å²) in [7, 11) is 0. The number of benzene rings is 1. The van der Waals surface area contributed by atoms with Crippen molar-refractivity contribution < 1.29 is 66.2 Å². The Bertz CT molecular complexity index is 252. The number of nitrogens with zero attached hydrogens (tertiary/aromatic N) is 1. The number of para-hydroxylation sites is 1. The van der Waals surface area contributed by atoms with Crippen LogP contribution in [0.4, 0.5) is 5.69 Å². The van der Waals surface area contributed by atoms with Crippen LogP contribution in [0, 0.1) is 10.1 Å². The zero-order chi connectivity index (χ0) is 9.40. The molecule has 6 heteroatoms. The molecule has 0 aliphatic heterocycles. The van der Waals surface area contributed by atoms with Gasteiger partial charge in [0.05, 0.1) is 4.92 Å². The zero-order valence-electron chi connectivity index (χ0n) is 7.04. The number of carboxylic acid groups (broad SMARTS) is 1. The van der Waals surface area contributed by atoms with Crippen molar-refractivity contribution in [2.45, 2.75) is 0 Å². The standard InChI is InChI=1S/C6H5NO2.CH2O2.K/c8-7(9)6-4-2-1-3-5-6;2-1-3;/h1-5H;1H,(H,2,3);/q;;+1/p-1. The Morgan fingerprint density at radius 1 is 1.23 bits per heavy atom. The summed E-state index contributed by atoms with van der Waals surface area (Å²) in [6.07, 6.45) is 0. The Kier molecular flexibility index (Phi) is 11.5. The number of nitro benzene ring substituents is 1. The molecule has 0 fully saturated rings. The fraction of sp³-hybridized carbons (Fsp3) is 0. The van der Waals surface area contributed by atoms with Gasteiger partial charge in [-0.25, -0.2) is 0 Å². The first kappa shape index (κ1) is 15.2. The van der Waals surface area contributed by atoms with Crippen molar-refractivity contribution in [2.75, 3.05) is 0 Å². The van der Waals surface area contributed by atoms with Crippen LogP contribution in [-0.4, -0.2) is 11.4 Å². The van der Waals surface area contributed by atoms with Gasteiger partial charge in [0.15, 0.2) is 0 Å². The predicted octanol–water partition coefficient (Wildman–Crippen LogP) is -3.04. The Morgan fingerprint density at radius 2 is 1.62 bits per heavy atom. The topological polar surface area (TPSA) is 83.3 Å². The summed E-state index contributed by atoms with van der Waals surface area (Å²) in [4.78, 5) is 17.8. The van der Waals surface area contributed by atoms with Crippen LogP contribution in [0.5, 0.6) is 0 Å². The quantitative estimate of drug-likeness (QED) is 0.212. The van der Waals surface area contributed by atoms with E-state index in [1.165, 1.54) is 12.1 Å². The summed E-state index contributed by atoms with van der Waals surface area (Å²) >= 11 is 0. The number of non-ortho nitro benzene ring substituents is 1. The van der Waals surface area contributed by atoms with Crippen LogP contribution in [0.2, 0.25) is 0 Å². The SMILES string of the molecule is O=C[O-].O=[N+]([O-])c1ccccc1.[K+]. The summed E-state index contributed by atoms with van der Waals surface area (Å²) in [5, 5.41) is 18.3. The van der Waals surface area contributed by atoms with Gasteiger partial charge >= 0.3 is 51.4 Å². The van der Waals surface area contributed by atoms with E-state index in [-0.39, 0.29) is 57.1 Å². The smallest absolute Gasteiger partial charge is 0.554 e. The minimum atomic E-state index is -0.500. The summed E-state index contributed by atoms with van der Waals surface area (Å²) < 4.78 is 0. The first-order chi connectivity index (χ1) is 5.72. The Balaban J connectivity index is 0. The predicted molar refractivity (Wildman–Crippen MR) is 39.2 cm³/mol. The molecule has 0 amide bonds. The Labute approximate surface area is 117 Å². The molecule has 0 saturated carbocycles. The molecule has 0 aliphatic rings. The van der Waals surface area contributed by atoms with Crippen molar-refractivity contribution in [3.8, 4) is 0 Å². The van der Waals surface area contributed by atoms with Crippen molar-refractivity contribution in [1.82, 2.24) is 0 Å². The second kappa shape index (κ2) is 9.81. The molecule has 1 aromatic rings. The van der Waals surface area contributed by atoms with E-state index in [0.29, 0.717) is 0 Å². The molecule has 0 atom stereocenters. The minimum Gasteiger partial charge on any atom is -0.554 e. The fourth-order valence-electron chi connectivity index (χ4n) is 0.550. The summed E-state index contributed by atoms with van der Waals surface area (Å²) in [6.45, 7) is -0.500. The minimum absolute atomic E-state index is 0. The molecule has 0 unspecified atom stereocenters. The Morgan fingerprint density at radius 3 is 1.85 bits per heavy atom. The number of rotatable bonds is 1. The van der Waals surface area contributed by atoms with Gasteiger partial charge in [0.2, 0.25) is 0 Å². The summed E-state index contributed by atoms with van der Waals surface area (Å²) in [6, 6.07) is 7.93. The molecule has 64 valence electrons. The third-order valence-electron chi connectivity index (χ3n) is 0.967. The van der Waals surface area contributed by atoms with Crippen LogP contribution in [0.15, 0.2) is 30.3 Å². The maximum absolute atomic E-state index is 10.0. The molecule has 0 aromatic heterocycles. The van der Waals surface area contributed by atoms with Crippen molar-refractivity contribution in [1.29, 1.82) is 0 Å². The van der Waals surface area contributed by atoms with Crippen LogP contribution in [0.25, 0.3) is 0 Å². The summed E-state index contributed by atoms with van der Waals surface area (Å²) in [5.41, 5.74) is 0.137. The normalized spacial score (nSPS) is 7.08. The number of hydrogen-bond donors (Lipinski definition) is 0. The van der Waals surface area contributed by atoms with Gasteiger partial charge in [-0.2, -0.15) is 0 Å². The van der Waals surface area contributed by atoms with E-state index in [1.807, 2.05) is 0 Å². The van der Waals surface area contributed by atoms with Crippen molar-refractivity contribution in [3.63, 3.8) is 0 Å². The van der Waals surface area contributed by atoms with E-state index in [4.69, 9.17) is 9.90 Å². The largest absolute Gasteiger partial charge is 1.00 e. The third kappa shape index (κ3) is 8.07. The second-order valence-electron chi connectivity index (χ2n) is 1.69. The van der Waals surface area contributed by atoms with Gasteiger partial charge in [-0.3, -0.25) is 10.1 Å². The molecular formula is C7H6KNO4. The molecule has 0 spiro atoms. The number of hydrogen-bond acceptors (Lipinski definition) is 4. The molecule has 5 nitrogen and oxygen atoms in total. The number of nitro groups is 1. The molecule has 1 aromatic carbocycles. The van der Waals surface area contributed by atoms with Gasteiger partial charge in [0.25, 0.3) is 5.69 Å². The van der Waals surface area contributed by atoms with Crippen molar-refractivity contribution in [2.24, 2.45) is 0 Å². The van der Waals surface area contributed by atoms with E-state index >= 15 is 0 Å². The van der Waals surface area contributed by atoms with Crippen molar-refractivity contribution >= 4 is 12.2 Å². The van der Waals surface area contributed by atoms with Gasteiger partial charge in [-0.1, -0.05) is 18.2 Å². The van der Waals surface area contributed by atoms with E-state index in [0.717, 1.165) is 0 Å². The van der Waals surface area contributed by atoms with Gasteiger partial charge in [-0.15, -0.1) is 0 Å². The average molecular weight is 207 g/mol. The van der Waals surface area contributed by atoms with E-state index < -0.39 is 11.4 Å². The monoisotopic (exact) mass is 207 g/mol. The molecule has 0 heterocycles. The van der Waals surface area contributed by atoms with E-state index in [1.54, 1.807) is 18.2 Å². The molecule has 0 N–H and O–H groups in total. The van der Waals surface area contributed by atoms with Gasteiger partial charge < -0.3 is 9.90 Å². The maximum Gasteiger partial charge on any atom is 1.00 e. The molecule has 13 heavy (non-hydrogen) atoms. The molecule has 0 aliphatic carbocycles. The maximum atomic E-state index is 10.0. The van der Waals surface area contributed by atoms with E-state index in [2.05, 4.69) is 0 Å². The number of carbonyl (C=O) groups is 1. The average Bonchev–Trinajstić information content (AvgIpc) is 2.07. The molecule has 0 bridgehead atoms. The number of carbonyl (C=O) groups excluding carboxylic acids is 1. The van der Waals surface area contributed by atoms with Crippen LogP contribution >= 0.6 is 0 Å². The van der Waals surface area contributed by atoms with Gasteiger partial charge in [-0.05, 0) is 0 Å². The van der Waals surface area contributed by atoms with Crippen LogP contribution in [0.3, 0.4) is 0 Å². The van der Waals surface area contributed by atoms with Crippen LogP contribution in [-0.2, 0) is 4.79 Å². The van der Waals surface area contributed by atoms with E-state index in [9.17, 15) is 10.1 Å². The second-order valence-corrected chi connectivity index (χ2v) is 1.69. The van der Waals surface area contributed by atoms with Crippen molar-refractivity contribution in [3.05, 3.63) is 40.4 Å². The van der Waals surface area contributed by atoms with Gasteiger partial charge in [0.1, 0.15) is 0 Å².